The second kappa shape index (κ2) is 5.13. The third kappa shape index (κ3) is 1.89. The van der Waals surface area contributed by atoms with Gasteiger partial charge in [-0.15, -0.1) is 0 Å². The molecule has 0 spiro atoms. The molecule has 0 N–H and O–H groups in total. The summed E-state index contributed by atoms with van der Waals surface area (Å²) in [4.78, 5) is 0. The first-order valence-corrected chi connectivity index (χ1v) is 8.32. The number of aromatic nitrogens is 2. The lowest BCUT2D eigenvalue weighted by Crippen LogP contribution is -2.35. The van der Waals surface area contributed by atoms with E-state index in [1.54, 1.807) is 0 Å². The number of aryl methyl sites for hydroxylation is 1. The van der Waals surface area contributed by atoms with E-state index < -0.39 is 0 Å². The summed E-state index contributed by atoms with van der Waals surface area (Å²) in [5.74, 6) is 2.48. The fraction of sp³-hybridized carbons (Fsp3) is 0.250. The number of fused-ring (bicyclic) bond motifs is 5. The molecule has 3 heterocycles. The number of ether oxygens (including phenoxy) is 2. The van der Waals surface area contributed by atoms with E-state index in [1.807, 2.05) is 28.9 Å². The molecule has 4 heteroatoms. The van der Waals surface area contributed by atoms with E-state index >= 15 is 0 Å². The Morgan fingerprint density at radius 1 is 0.958 bits per heavy atom. The van der Waals surface area contributed by atoms with E-state index in [-0.39, 0.29) is 5.92 Å². The molecular weight excluding hydrogens is 300 g/mol. The third-order valence-corrected chi connectivity index (χ3v) is 4.99. The molecule has 0 radical (unpaired) electrons. The average molecular weight is 318 g/mol. The third-order valence-electron chi connectivity index (χ3n) is 4.99. The zero-order valence-electron chi connectivity index (χ0n) is 13.5. The van der Waals surface area contributed by atoms with Crippen molar-refractivity contribution in [2.24, 2.45) is 5.92 Å². The highest BCUT2D eigenvalue weighted by atomic mass is 16.5. The molecule has 0 saturated carbocycles. The minimum absolute atomic E-state index is 0.288. The van der Waals surface area contributed by atoms with Crippen LogP contribution in [0.5, 0.6) is 11.6 Å². The topological polar surface area (TPSA) is 36.3 Å². The van der Waals surface area contributed by atoms with Gasteiger partial charge in [0, 0.05) is 23.0 Å². The highest BCUT2D eigenvalue weighted by molar-refractivity contribution is 5.52. The number of para-hydroxylation sites is 2. The van der Waals surface area contributed by atoms with Crippen LogP contribution in [-0.4, -0.2) is 23.0 Å². The fourth-order valence-electron chi connectivity index (χ4n) is 3.90. The Labute approximate surface area is 140 Å². The maximum absolute atomic E-state index is 6.13. The molecule has 0 fully saturated rings. The molecule has 2 atom stereocenters. The van der Waals surface area contributed by atoms with E-state index in [0.29, 0.717) is 19.1 Å². The maximum atomic E-state index is 6.13. The van der Waals surface area contributed by atoms with Crippen LogP contribution in [0.15, 0.2) is 54.6 Å². The van der Waals surface area contributed by atoms with Gasteiger partial charge in [-0.25, -0.2) is 4.68 Å². The molecule has 5 rings (SSSR count). The van der Waals surface area contributed by atoms with Gasteiger partial charge in [0.25, 0.3) is 0 Å². The first kappa shape index (κ1) is 13.7. The monoisotopic (exact) mass is 318 g/mol. The quantitative estimate of drug-likeness (QED) is 0.686. The molecule has 0 aliphatic carbocycles. The molecule has 0 saturated heterocycles. The summed E-state index contributed by atoms with van der Waals surface area (Å²) in [6, 6.07) is 18.5. The highest BCUT2D eigenvalue weighted by Crippen LogP contribution is 2.48. The summed E-state index contributed by atoms with van der Waals surface area (Å²) in [7, 11) is 0. The Kier molecular flexibility index (Phi) is 2.92. The van der Waals surface area contributed by atoms with Gasteiger partial charge >= 0.3 is 0 Å². The number of hydrogen-bond acceptors (Lipinski definition) is 3. The number of hydrogen-bond donors (Lipinski definition) is 0. The van der Waals surface area contributed by atoms with Gasteiger partial charge in [-0.05, 0) is 25.1 Å². The molecule has 2 aromatic carbocycles. The Morgan fingerprint density at radius 3 is 2.58 bits per heavy atom. The van der Waals surface area contributed by atoms with Gasteiger partial charge in [-0.2, -0.15) is 5.10 Å². The van der Waals surface area contributed by atoms with Gasteiger partial charge in [0.15, 0.2) is 0 Å². The van der Waals surface area contributed by atoms with Crippen molar-refractivity contribution in [3.05, 3.63) is 71.4 Å². The molecule has 4 nitrogen and oxygen atoms in total. The van der Waals surface area contributed by atoms with Crippen molar-refractivity contribution >= 4 is 0 Å². The van der Waals surface area contributed by atoms with Crippen LogP contribution in [-0.2, 0) is 0 Å². The van der Waals surface area contributed by atoms with Crippen molar-refractivity contribution in [3.8, 4) is 17.3 Å². The molecule has 0 amide bonds. The van der Waals surface area contributed by atoms with Gasteiger partial charge in [-0.3, -0.25) is 0 Å². The summed E-state index contributed by atoms with van der Waals surface area (Å²) in [5.41, 5.74) is 4.50. The van der Waals surface area contributed by atoms with Crippen LogP contribution in [0, 0.1) is 12.8 Å². The lowest BCUT2D eigenvalue weighted by molar-refractivity contribution is 0.121. The standard InChI is InChI=1S/C20H18N2O2/c1-13-18-19-14(11-23-17-10-6-5-9-16(17)19)12-24-20(18)22(21-13)15-7-3-2-4-8-15/h2-10,14,19H,11-12H2,1H3/t14-,19-/m0/s1. The smallest absolute Gasteiger partial charge is 0.220 e. The van der Waals surface area contributed by atoms with Crippen molar-refractivity contribution in [1.29, 1.82) is 0 Å². The fourth-order valence-corrected chi connectivity index (χ4v) is 3.90. The Hall–Kier alpha value is -2.75. The van der Waals surface area contributed by atoms with Gasteiger partial charge in [0.05, 0.1) is 24.6 Å². The molecule has 0 bridgehead atoms. The second-order valence-corrected chi connectivity index (χ2v) is 6.45. The first-order chi connectivity index (χ1) is 11.8. The number of benzene rings is 2. The van der Waals surface area contributed by atoms with Gasteiger partial charge in [0.2, 0.25) is 5.88 Å². The normalized spacial score (nSPS) is 21.0. The van der Waals surface area contributed by atoms with Crippen LogP contribution >= 0.6 is 0 Å². The van der Waals surface area contributed by atoms with Crippen molar-refractivity contribution in [3.63, 3.8) is 0 Å². The Morgan fingerprint density at radius 2 is 1.71 bits per heavy atom. The van der Waals surface area contributed by atoms with Crippen molar-refractivity contribution in [1.82, 2.24) is 9.78 Å². The van der Waals surface area contributed by atoms with Crippen molar-refractivity contribution < 1.29 is 9.47 Å². The summed E-state index contributed by atoms with van der Waals surface area (Å²) in [6.45, 7) is 3.42. The molecule has 3 aromatic rings. The van der Waals surface area contributed by atoms with Crippen LogP contribution < -0.4 is 9.47 Å². The molecule has 2 aliphatic rings. The van der Waals surface area contributed by atoms with Crippen LogP contribution in [0.1, 0.15) is 22.7 Å². The van der Waals surface area contributed by atoms with Gasteiger partial charge in [0.1, 0.15) is 5.75 Å². The summed E-state index contributed by atoms with van der Waals surface area (Å²) >= 11 is 0. The highest BCUT2D eigenvalue weighted by Gasteiger charge is 2.41. The van der Waals surface area contributed by atoms with Crippen LogP contribution in [0.2, 0.25) is 0 Å². The second-order valence-electron chi connectivity index (χ2n) is 6.45. The summed E-state index contributed by atoms with van der Waals surface area (Å²) < 4.78 is 14.0. The van der Waals surface area contributed by atoms with E-state index in [1.165, 1.54) is 11.1 Å². The maximum Gasteiger partial charge on any atom is 0.220 e. The molecular formula is C20H18N2O2. The number of nitrogens with zero attached hydrogens (tertiary/aromatic N) is 2. The van der Waals surface area contributed by atoms with E-state index in [4.69, 9.17) is 14.6 Å². The average Bonchev–Trinajstić information content (AvgIpc) is 2.99. The number of rotatable bonds is 1. The first-order valence-electron chi connectivity index (χ1n) is 8.32. The predicted molar refractivity (Wildman–Crippen MR) is 91.1 cm³/mol. The van der Waals surface area contributed by atoms with Crippen molar-refractivity contribution in [2.75, 3.05) is 13.2 Å². The van der Waals surface area contributed by atoms with Crippen LogP contribution in [0.3, 0.4) is 0 Å². The SMILES string of the molecule is Cc1nn(-c2ccccc2)c2c1[C@@H]1c3ccccc3OC[C@H]1CO2. The minimum atomic E-state index is 0.288. The predicted octanol–water partition coefficient (Wildman–Crippen LogP) is 3.71. The lowest BCUT2D eigenvalue weighted by Gasteiger charge is -2.37. The zero-order chi connectivity index (χ0) is 16.1. The van der Waals surface area contributed by atoms with E-state index in [0.717, 1.165) is 23.0 Å². The lowest BCUT2D eigenvalue weighted by atomic mass is 9.78. The van der Waals surface area contributed by atoms with Gasteiger partial charge in [-0.1, -0.05) is 36.4 Å². The summed E-state index contributed by atoms with van der Waals surface area (Å²) in [5, 5.41) is 4.78. The van der Waals surface area contributed by atoms with E-state index in [2.05, 4.69) is 37.3 Å². The molecule has 0 unspecified atom stereocenters. The zero-order valence-corrected chi connectivity index (χ0v) is 13.5. The Bertz CT molecular complexity index is 901. The minimum Gasteiger partial charge on any atom is -0.493 e. The largest absolute Gasteiger partial charge is 0.493 e. The van der Waals surface area contributed by atoms with E-state index in [9.17, 15) is 0 Å². The van der Waals surface area contributed by atoms with Crippen molar-refractivity contribution in [2.45, 2.75) is 12.8 Å². The molecule has 2 aliphatic heterocycles. The molecule has 120 valence electrons. The van der Waals surface area contributed by atoms with Crippen LogP contribution in [0.25, 0.3) is 5.69 Å². The van der Waals surface area contributed by atoms with Crippen LogP contribution in [0.4, 0.5) is 0 Å². The Balaban J connectivity index is 1.71. The molecule has 1 aromatic heterocycles. The molecule has 24 heavy (non-hydrogen) atoms. The summed E-state index contributed by atoms with van der Waals surface area (Å²) in [6.07, 6.45) is 0. The van der Waals surface area contributed by atoms with Gasteiger partial charge < -0.3 is 9.47 Å².